The monoisotopic (exact) mass is 551 g/mol. The van der Waals surface area contributed by atoms with E-state index in [-0.39, 0.29) is 22.9 Å². The van der Waals surface area contributed by atoms with Crippen molar-refractivity contribution in [3.8, 4) is 0 Å². The minimum Gasteiger partial charge on any atom is -0.475 e. The molecule has 10 nitrogen and oxygen atoms in total. The number of esters is 1. The number of carboxylic acid groups (broad SMARTS) is 2. The molecular formula is C19H23F6N3O7S. The molecule has 3 N–H and O–H groups in total. The van der Waals surface area contributed by atoms with Crippen LogP contribution in [0.3, 0.4) is 0 Å². The first-order chi connectivity index (χ1) is 16.5. The minimum absolute atomic E-state index is 0.118. The second kappa shape index (κ2) is 15.1. The maximum atomic E-state index is 11.6. The number of aliphatic carboxylic acids is 2. The summed E-state index contributed by atoms with van der Waals surface area (Å²) in [7, 11) is 0. The Morgan fingerprint density at radius 1 is 1.17 bits per heavy atom. The van der Waals surface area contributed by atoms with Gasteiger partial charge in [-0.3, -0.25) is 9.59 Å². The molecule has 1 aliphatic rings. The maximum Gasteiger partial charge on any atom is 0.490 e. The number of thioether (sulfide) groups is 1. The number of nitrogens with one attached hydrogen (secondary N) is 1. The summed E-state index contributed by atoms with van der Waals surface area (Å²) >= 11 is 1.36. The highest BCUT2D eigenvalue weighted by Crippen LogP contribution is 2.26. The van der Waals surface area contributed by atoms with E-state index in [0.29, 0.717) is 12.4 Å². The van der Waals surface area contributed by atoms with Crippen molar-refractivity contribution in [1.82, 2.24) is 14.9 Å². The zero-order valence-corrected chi connectivity index (χ0v) is 19.7. The summed E-state index contributed by atoms with van der Waals surface area (Å²) < 4.78 is 70.2. The lowest BCUT2D eigenvalue weighted by Crippen LogP contribution is -2.32. The molecule has 36 heavy (non-hydrogen) atoms. The lowest BCUT2D eigenvalue weighted by atomic mass is 10.1. The van der Waals surface area contributed by atoms with Gasteiger partial charge in [0.05, 0.1) is 6.61 Å². The van der Waals surface area contributed by atoms with Crippen molar-refractivity contribution in [2.75, 3.05) is 19.7 Å². The number of halogens is 6. The van der Waals surface area contributed by atoms with E-state index in [4.69, 9.17) is 24.5 Å². The molecule has 0 bridgehead atoms. The summed E-state index contributed by atoms with van der Waals surface area (Å²) in [5, 5.41) is 17.9. The van der Waals surface area contributed by atoms with Crippen molar-refractivity contribution < 1.29 is 60.5 Å². The Labute approximate surface area is 204 Å². The van der Waals surface area contributed by atoms with Gasteiger partial charge in [-0.2, -0.15) is 26.3 Å². The van der Waals surface area contributed by atoms with Gasteiger partial charge in [0.25, 0.3) is 0 Å². The Bertz CT molecular complexity index is 907. The first-order valence-corrected chi connectivity index (χ1v) is 10.7. The van der Waals surface area contributed by atoms with Crippen molar-refractivity contribution in [3.63, 3.8) is 0 Å². The first kappa shape index (κ1) is 32.9. The minimum atomic E-state index is -5.08. The van der Waals surface area contributed by atoms with E-state index in [0.717, 1.165) is 25.1 Å². The van der Waals surface area contributed by atoms with Crippen molar-refractivity contribution in [2.45, 2.75) is 44.4 Å². The van der Waals surface area contributed by atoms with Crippen LogP contribution in [0, 0.1) is 0 Å². The zero-order chi connectivity index (χ0) is 28.1. The van der Waals surface area contributed by atoms with Gasteiger partial charge in [-0.05, 0) is 31.5 Å². The number of carboxylic acids is 2. The molecule has 2 heterocycles. The lowest BCUT2D eigenvalue weighted by Gasteiger charge is -2.24. The topological polar surface area (TPSA) is 148 Å². The number of piperidine rings is 1. The van der Waals surface area contributed by atoms with Gasteiger partial charge < -0.3 is 24.8 Å². The smallest absolute Gasteiger partial charge is 0.475 e. The summed E-state index contributed by atoms with van der Waals surface area (Å²) in [5.41, 5.74) is 1.13. The number of hydrogen-bond donors (Lipinski definition) is 3. The molecule has 0 spiro atoms. The second-order valence-corrected chi connectivity index (χ2v) is 7.99. The Balaban J connectivity index is 0.000000720. The van der Waals surface area contributed by atoms with Crippen molar-refractivity contribution in [1.29, 1.82) is 0 Å². The molecule has 1 aromatic heterocycles. The summed E-state index contributed by atoms with van der Waals surface area (Å²) in [6, 6.07) is 0. The number of imidazole rings is 1. The predicted molar refractivity (Wildman–Crippen MR) is 114 cm³/mol. The van der Waals surface area contributed by atoms with Crippen LogP contribution in [0.15, 0.2) is 18.0 Å². The number of aromatic nitrogens is 2. The largest absolute Gasteiger partial charge is 0.490 e. The van der Waals surface area contributed by atoms with Crippen LogP contribution in [0.5, 0.6) is 0 Å². The SMILES string of the molecule is CCOC(=O)Cn1ccnc1/C=C1/CNCCC1SC(C)=O.O=C(O)C(F)(F)F.O=C(O)C(F)(F)F. The van der Waals surface area contributed by atoms with E-state index in [9.17, 15) is 35.9 Å². The standard InChI is InChI=1S/C15H21N3O3S.2C2HF3O2/c1-3-21-15(20)10-18-7-6-17-14(18)8-12-9-16-5-4-13(12)22-11(2)19;2*3-2(4,5)1(6)7/h6-8,13,16H,3-5,9-10H2,1-2H3;2*(H,6,7)/b12-8-;;. The molecule has 1 aliphatic heterocycles. The summed E-state index contributed by atoms with van der Waals surface area (Å²) in [5.74, 6) is -5.09. The summed E-state index contributed by atoms with van der Waals surface area (Å²) in [4.78, 5) is 45.1. The Hall–Kier alpha value is -3.08. The van der Waals surface area contributed by atoms with Crippen LogP contribution in [0.2, 0.25) is 0 Å². The highest BCUT2D eigenvalue weighted by Gasteiger charge is 2.38. The molecule has 0 aromatic carbocycles. The highest BCUT2D eigenvalue weighted by atomic mass is 32.2. The summed E-state index contributed by atoms with van der Waals surface area (Å²) in [6.07, 6.45) is -3.87. The maximum absolute atomic E-state index is 11.6. The molecule has 1 fully saturated rings. The average Bonchev–Trinajstić information content (AvgIpc) is 3.15. The molecule has 17 heteroatoms. The van der Waals surface area contributed by atoms with Crippen LogP contribution in [0.25, 0.3) is 6.08 Å². The van der Waals surface area contributed by atoms with Crippen LogP contribution in [0.1, 0.15) is 26.1 Å². The van der Waals surface area contributed by atoms with Crippen LogP contribution < -0.4 is 5.32 Å². The van der Waals surface area contributed by atoms with Gasteiger partial charge in [0.15, 0.2) is 5.12 Å². The lowest BCUT2D eigenvalue weighted by molar-refractivity contribution is -0.193. The normalized spacial score (nSPS) is 16.7. The molecule has 0 saturated carbocycles. The fourth-order valence-electron chi connectivity index (χ4n) is 2.35. The fourth-order valence-corrected chi connectivity index (χ4v) is 3.29. The van der Waals surface area contributed by atoms with Gasteiger partial charge >= 0.3 is 30.3 Å². The summed E-state index contributed by atoms with van der Waals surface area (Å²) in [6.45, 7) is 5.52. The van der Waals surface area contributed by atoms with E-state index in [1.807, 2.05) is 6.08 Å². The molecular weight excluding hydrogens is 528 g/mol. The average molecular weight is 551 g/mol. The van der Waals surface area contributed by atoms with Gasteiger partial charge in [-0.1, -0.05) is 11.8 Å². The van der Waals surface area contributed by atoms with Crippen molar-refractivity contribution in [2.24, 2.45) is 0 Å². The molecule has 2 rings (SSSR count). The van der Waals surface area contributed by atoms with Crippen LogP contribution in [-0.4, -0.2) is 80.1 Å². The number of hydrogen-bond acceptors (Lipinski definition) is 8. The van der Waals surface area contributed by atoms with E-state index in [1.54, 1.807) is 30.8 Å². The van der Waals surface area contributed by atoms with E-state index < -0.39 is 24.3 Å². The van der Waals surface area contributed by atoms with Gasteiger partial charge in [0.2, 0.25) is 0 Å². The predicted octanol–water partition coefficient (Wildman–Crippen LogP) is 2.74. The third-order valence-corrected chi connectivity index (χ3v) is 4.94. The van der Waals surface area contributed by atoms with Crippen LogP contribution >= 0.6 is 11.8 Å². The van der Waals surface area contributed by atoms with Crippen molar-refractivity contribution in [3.05, 3.63) is 23.8 Å². The Morgan fingerprint density at radius 2 is 1.69 bits per heavy atom. The third kappa shape index (κ3) is 13.7. The second-order valence-electron chi connectivity index (χ2n) is 6.61. The van der Waals surface area contributed by atoms with Crippen LogP contribution in [-0.2, 0) is 30.5 Å². The number of rotatable bonds is 5. The molecule has 0 amide bonds. The molecule has 0 radical (unpaired) electrons. The third-order valence-electron chi connectivity index (χ3n) is 3.79. The number of carbonyl (C=O) groups excluding carboxylic acids is 2. The number of carbonyl (C=O) groups is 4. The molecule has 204 valence electrons. The fraction of sp³-hybridized carbons (Fsp3) is 0.526. The zero-order valence-electron chi connectivity index (χ0n) is 18.9. The van der Waals surface area contributed by atoms with Crippen LogP contribution in [0.4, 0.5) is 26.3 Å². The molecule has 0 aliphatic carbocycles. The van der Waals surface area contributed by atoms with Gasteiger partial charge in [-0.15, -0.1) is 0 Å². The Morgan fingerprint density at radius 3 is 2.14 bits per heavy atom. The van der Waals surface area contributed by atoms with Gasteiger partial charge in [0.1, 0.15) is 12.4 Å². The van der Waals surface area contributed by atoms with Crippen molar-refractivity contribution >= 4 is 40.9 Å². The number of ether oxygens (including phenoxy) is 1. The molecule has 1 saturated heterocycles. The Kier molecular flexibility index (Phi) is 13.8. The molecule has 1 atom stereocenters. The van der Waals surface area contributed by atoms with E-state index in [2.05, 4.69) is 10.3 Å². The van der Waals surface area contributed by atoms with Gasteiger partial charge in [-0.25, -0.2) is 14.6 Å². The van der Waals surface area contributed by atoms with Gasteiger partial charge in [0, 0.05) is 31.1 Å². The number of alkyl halides is 6. The van der Waals surface area contributed by atoms with E-state index >= 15 is 0 Å². The quantitative estimate of drug-likeness (QED) is 0.369. The first-order valence-electron chi connectivity index (χ1n) is 9.84. The highest BCUT2D eigenvalue weighted by molar-refractivity contribution is 8.14. The number of nitrogens with zero attached hydrogens (tertiary/aromatic N) is 2. The van der Waals surface area contributed by atoms with E-state index in [1.165, 1.54) is 11.8 Å². The molecule has 1 aromatic rings. The molecule has 1 unspecified atom stereocenters.